The summed E-state index contributed by atoms with van der Waals surface area (Å²) in [7, 11) is 0. The summed E-state index contributed by atoms with van der Waals surface area (Å²) in [5, 5.41) is 72.1. The number of carbonyl (C=O) groups excluding carboxylic acids is 2. The molecule has 0 radical (unpaired) electrons. The van der Waals surface area contributed by atoms with Gasteiger partial charge in [-0.05, 0) is 89.9 Å². The Balaban J connectivity index is 1.86. The molecule has 15 heteroatoms. The maximum atomic E-state index is 13.0. The fourth-order valence-electron chi connectivity index (χ4n) is 7.06. The normalized spacial score (nSPS) is 26.3. The molecule has 0 saturated carbocycles. The third-order valence-corrected chi connectivity index (χ3v) is 11.2. The van der Waals surface area contributed by atoms with Crippen LogP contribution in [-0.4, -0.2) is 142 Å². The Labute approximate surface area is 417 Å². The van der Waals surface area contributed by atoms with E-state index in [0.717, 1.165) is 83.5 Å². The molecule has 2 aliphatic heterocycles. The topological polar surface area (TPSA) is 231 Å². The number of rotatable bonds is 37. The number of hydrogen-bond acceptors (Lipinski definition) is 15. The minimum Gasteiger partial charge on any atom is -0.462 e. The zero-order chi connectivity index (χ0) is 51.0. The Morgan fingerprint density at radius 3 is 1.43 bits per heavy atom. The van der Waals surface area contributed by atoms with Crippen LogP contribution in [0.1, 0.15) is 129 Å². The fraction of sp³-hybridized carbons (Fsp3) is 0.636. The van der Waals surface area contributed by atoms with E-state index >= 15 is 0 Å². The third-order valence-electron chi connectivity index (χ3n) is 11.2. The smallest absolute Gasteiger partial charge is 0.306 e. The maximum absolute atomic E-state index is 13.0. The molecule has 7 N–H and O–H groups in total. The molecule has 15 nitrogen and oxygen atoms in total. The lowest BCUT2D eigenvalue weighted by atomic mass is 9.98. The van der Waals surface area contributed by atoms with Gasteiger partial charge in [-0.15, -0.1) is 0 Å². The third kappa shape index (κ3) is 28.3. The lowest BCUT2D eigenvalue weighted by Crippen LogP contribution is -2.61. The van der Waals surface area contributed by atoms with E-state index in [1.807, 2.05) is 12.2 Å². The van der Waals surface area contributed by atoms with Crippen molar-refractivity contribution in [2.24, 2.45) is 0 Å². The summed E-state index contributed by atoms with van der Waals surface area (Å²) in [6, 6.07) is 0. The zero-order valence-electron chi connectivity index (χ0n) is 41.7. The Kier molecular flexibility index (Phi) is 36.2. The van der Waals surface area contributed by atoms with Crippen molar-refractivity contribution in [1.82, 2.24) is 0 Å². The van der Waals surface area contributed by atoms with Crippen LogP contribution in [-0.2, 0) is 38.0 Å². The highest BCUT2D eigenvalue weighted by molar-refractivity contribution is 5.70. The van der Waals surface area contributed by atoms with Gasteiger partial charge >= 0.3 is 11.9 Å². The van der Waals surface area contributed by atoms with Crippen LogP contribution in [0.2, 0.25) is 0 Å². The van der Waals surface area contributed by atoms with Crippen LogP contribution in [0.15, 0.2) is 109 Å². The monoisotopic (exact) mass is 987 g/mol. The quantitative estimate of drug-likeness (QED) is 0.0186. The molecule has 11 atom stereocenters. The van der Waals surface area contributed by atoms with E-state index in [4.69, 9.17) is 28.4 Å². The number of hydrogen-bond donors (Lipinski definition) is 7. The number of aliphatic hydroxyl groups is 7. The summed E-state index contributed by atoms with van der Waals surface area (Å²) in [4.78, 5) is 25.7. The lowest BCUT2D eigenvalue weighted by Gasteiger charge is -2.42. The summed E-state index contributed by atoms with van der Waals surface area (Å²) in [5.41, 5.74) is 0. The largest absolute Gasteiger partial charge is 0.462 e. The molecule has 0 aliphatic carbocycles. The van der Waals surface area contributed by atoms with Gasteiger partial charge in [0.2, 0.25) is 0 Å². The van der Waals surface area contributed by atoms with Crippen molar-refractivity contribution in [2.75, 3.05) is 26.4 Å². The second-order valence-corrected chi connectivity index (χ2v) is 17.3. The highest BCUT2D eigenvalue weighted by Crippen LogP contribution is 2.26. The van der Waals surface area contributed by atoms with Gasteiger partial charge in [0.05, 0.1) is 19.8 Å². The van der Waals surface area contributed by atoms with Crippen molar-refractivity contribution in [3.8, 4) is 0 Å². The standard InChI is InChI=1S/C55H86O15/c1-3-5-7-9-11-13-15-17-19-21-23-25-27-29-31-33-35-37-46(57)65-40-43(68-47(58)38-36-34-32-30-28-26-24-22-20-18-16-14-12-10-8-6-4-2)41-66-54-53(64)51(62)49(60)45(70-54)42-67-55-52(63)50(61)48(59)44(39-56)69-55/h5,7-8,10-11,13-14,16-17,19-20,22-23,25-26,28-29,31,43-45,48-56,59-64H,3-4,6,9,12,15,18,21,24,27,30,32-42H2,1-2H3/b7-5+,10-8+,13-11+,16-14+,19-17+,22-20+,25-23+,28-26+,31-29+/t43-,44+,45+,48-,49-,50?,51?,52?,53?,54+,55+/m0/s1. The summed E-state index contributed by atoms with van der Waals surface area (Å²) in [5.74, 6) is -1.04. The predicted molar refractivity (Wildman–Crippen MR) is 270 cm³/mol. The molecule has 0 bridgehead atoms. The molecule has 0 aromatic carbocycles. The minimum absolute atomic E-state index is 0.108. The van der Waals surface area contributed by atoms with Gasteiger partial charge in [0.25, 0.3) is 0 Å². The SMILES string of the molecule is CC/C=C/C/C=C/C/C=C/C/C=C/C/C=C/CCCC(=O)OC[C@@H](CO[C@@H]1O[C@H](CO[C@@H]2O[C@H](CO)[C@H](O)C(O)C2O)[C@H](O)C(O)C1O)OC(=O)CCCCC/C=C/C/C=C/C/C=C/C/C=C/CCC. The minimum atomic E-state index is -1.79. The van der Waals surface area contributed by atoms with Crippen LogP contribution in [0.4, 0.5) is 0 Å². The van der Waals surface area contributed by atoms with Gasteiger partial charge in [-0.25, -0.2) is 0 Å². The molecule has 0 spiro atoms. The molecule has 2 rings (SSSR count). The van der Waals surface area contributed by atoms with Gasteiger partial charge in [0.15, 0.2) is 18.7 Å². The zero-order valence-corrected chi connectivity index (χ0v) is 41.7. The second kappa shape index (κ2) is 40.7. The van der Waals surface area contributed by atoms with Crippen molar-refractivity contribution < 1.29 is 73.8 Å². The molecular weight excluding hydrogens is 901 g/mol. The molecule has 70 heavy (non-hydrogen) atoms. The first-order chi connectivity index (χ1) is 34.0. The van der Waals surface area contributed by atoms with Crippen LogP contribution in [0, 0.1) is 0 Å². The van der Waals surface area contributed by atoms with Crippen LogP contribution < -0.4 is 0 Å². The first-order valence-corrected chi connectivity index (χ1v) is 25.5. The maximum Gasteiger partial charge on any atom is 0.306 e. The van der Waals surface area contributed by atoms with Crippen LogP contribution in [0.25, 0.3) is 0 Å². The lowest BCUT2D eigenvalue weighted by molar-refractivity contribution is -0.332. The number of carbonyl (C=O) groups is 2. The van der Waals surface area contributed by atoms with E-state index in [1.54, 1.807) is 0 Å². The van der Waals surface area contributed by atoms with E-state index in [0.29, 0.717) is 19.3 Å². The number of ether oxygens (including phenoxy) is 6. The van der Waals surface area contributed by atoms with E-state index in [1.165, 1.54) is 0 Å². The molecular formula is C55H86O15. The molecule has 0 aromatic heterocycles. The van der Waals surface area contributed by atoms with E-state index in [-0.39, 0.29) is 19.4 Å². The number of allylic oxidation sites excluding steroid dienone is 18. The first-order valence-electron chi connectivity index (χ1n) is 25.5. The van der Waals surface area contributed by atoms with Gasteiger partial charge in [-0.3, -0.25) is 9.59 Å². The highest BCUT2D eigenvalue weighted by Gasteiger charge is 2.47. The average molecular weight is 987 g/mol. The molecule has 2 aliphatic rings. The van der Waals surface area contributed by atoms with Crippen LogP contribution in [0.3, 0.4) is 0 Å². The highest BCUT2D eigenvalue weighted by atomic mass is 16.7. The molecule has 0 amide bonds. The van der Waals surface area contributed by atoms with Crippen LogP contribution >= 0.6 is 0 Å². The van der Waals surface area contributed by atoms with Crippen LogP contribution in [0.5, 0.6) is 0 Å². The van der Waals surface area contributed by atoms with E-state index in [9.17, 15) is 45.3 Å². The molecule has 4 unspecified atom stereocenters. The van der Waals surface area contributed by atoms with Crippen molar-refractivity contribution >= 4 is 11.9 Å². The van der Waals surface area contributed by atoms with Crippen molar-refractivity contribution in [1.29, 1.82) is 0 Å². The van der Waals surface area contributed by atoms with E-state index < -0.39 is 99.3 Å². The summed E-state index contributed by atoms with van der Waals surface area (Å²) in [6.07, 6.45) is 35.5. The number of unbranched alkanes of at least 4 members (excludes halogenated alkanes) is 5. The summed E-state index contributed by atoms with van der Waals surface area (Å²) >= 11 is 0. The van der Waals surface area contributed by atoms with E-state index in [2.05, 4.69) is 111 Å². The number of esters is 2. The van der Waals surface area contributed by atoms with Crippen molar-refractivity contribution in [2.45, 2.75) is 197 Å². The second-order valence-electron chi connectivity index (χ2n) is 17.3. The summed E-state index contributed by atoms with van der Waals surface area (Å²) < 4.78 is 33.5. The van der Waals surface area contributed by atoms with Gasteiger partial charge in [0.1, 0.15) is 55.4 Å². The fourth-order valence-corrected chi connectivity index (χ4v) is 7.06. The summed E-state index contributed by atoms with van der Waals surface area (Å²) in [6.45, 7) is 2.28. The molecule has 2 fully saturated rings. The van der Waals surface area contributed by atoms with Gasteiger partial charge in [-0.2, -0.15) is 0 Å². The Hall–Kier alpha value is -3.84. The van der Waals surface area contributed by atoms with Gasteiger partial charge in [-0.1, -0.05) is 136 Å². The van der Waals surface area contributed by atoms with Gasteiger partial charge in [0, 0.05) is 12.8 Å². The average Bonchev–Trinajstić information content (AvgIpc) is 3.35. The predicted octanol–water partition coefficient (Wildman–Crippen LogP) is 7.15. The first kappa shape index (κ1) is 62.3. The van der Waals surface area contributed by atoms with Gasteiger partial charge < -0.3 is 64.2 Å². The molecule has 2 heterocycles. The number of aliphatic hydroxyl groups excluding tert-OH is 7. The Bertz CT molecular complexity index is 1630. The molecule has 2 saturated heterocycles. The molecule has 396 valence electrons. The molecule has 0 aromatic rings. The Morgan fingerprint density at radius 2 is 0.914 bits per heavy atom. The van der Waals surface area contributed by atoms with Crippen molar-refractivity contribution in [3.05, 3.63) is 109 Å². The van der Waals surface area contributed by atoms with Crippen molar-refractivity contribution in [3.63, 3.8) is 0 Å². The Morgan fingerprint density at radius 1 is 0.471 bits per heavy atom.